The number of fused-ring (bicyclic) bond motifs is 7. The Kier molecular flexibility index (Phi) is 7.38. The summed E-state index contributed by atoms with van der Waals surface area (Å²) >= 11 is 4.04. The van der Waals surface area contributed by atoms with Crippen LogP contribution in [0.5, 0.6) is 0 Å². The molecule has 3 heterocycles. The largest absolute Gasteiger partial charge is 0.301 e. The van der Waals surface area contributed by atoms with Crippen molar-refractivity contribution in [1.82, 2.24) is 17.5 Å². The lowest BCUT2D eigenvalue weighted by atomic mass is 9.81. The highest BCUT2D eigenvalue weighted by atomic mass is 32.1. The standard InChI is InChI=1S/C41H30N6O2S3/c1-21-11-15-23(16-12-21)47(24-17-13-22(2)14-18-24)41-28-10-6-5-9-27(28)40(50-41)31-19-29-30(33-35(31)45-51-43-33)20-32(37-34(29)44-52-46-37)42-36-25-7-3-4-8-26(25)38(48)39(36)49/h5-6,9-20,25-26H,3-4,7-8H2,1-2H3. The summed E-state index contributed by atoms with van der Waals surface area (Å²) < 4.78 is 19.2. The van der Waals surface area contributed by atoms with Crippen LogP contribution < -0.4 is 4.90 Å². The number of Topliss-reactive ketones (excluding diaryl/α,β-unsaturated/α-hetero) is 2. The zero-order valence-electron chi connectivity index (χ0n) is 28.3. The van der Waals surface area contributed by atoms with Crippen LogP contribution in [0.4, 0.5) is 22.1 Å². The van der Waals surface area contributed by atoms with Crippen molar-refractivity contribution in [2.24, 2.45) is 16.8 Å². The maximum atomic E-state index is 13.2. The van der Waals surface area contributed by atoms with Crippen LogP contribution >= 0.6 is 34.8 Å². The first-order chi connectivity index (χ1) is 25.4. The summed E-state index contributed by atoms with van der Waals surface area (Å²) in [4.78, 5) is 34.5. The molecule has 52 heavy (non-hydrogen) atoms. The zero-order valence-corrected chi connectivity index (χ0v) is 30.7. The average molecular weight is 735 g/mol. The topological polar surface area (TPSA) is 101 Å². The van der Waals surface area contributed by atoms with E-state index in [2.05, 4.69) is 102 Å². The van der Waals surface area contributed by atoms with Gasteiger partial charge in [-0.2, -0.15) is 17.5 Å². The second-order valence-corrected chi connectivity index (χ2v) is 15.9. The summed E-state index contributed by atoms with van der Waals surface area (Å²) in [6, 6.07) is 30.0. The molecule has 254 valence electrons. The maximum absolute atomic E-state index is 13.2. The van der Waals surface area contributed by atoms with Crippen LogP contribution in [0.2, 0.25) is 0 Å². The van der Waals surface area contributed by atoms with Gasteiger partial charge in [0.1, 0.15) is 27.1 Å². The minimum atomic E-state index is -0.449. The molecule has 0 saturated heterocycles. The van der Waals surface area contributed by atoms with Crippen molar-refractivity contribution in [3.63, 3.8) is 0 Å². The Morgan fingerprint density at radius 2 is 1.23 bits per heavy atom. The number of carbonyl (C=O) groups is 2. The molecule has 8 nitrogen and oxygen atoms in total. The van der Waals surface area contributed by atoms with Crippen LogP contribution in [-0.4, -0.2) is 34.8 Å². The number of benzene rings is 5. The summed E-state index contributed by atoms with van der Waals surface area (Å²) in [7, 11) is 0. The number of hydrogen-bond donors (Lipinski definition) is 0. The van der Waals surface area contributed by atoms with Gasteiger partial charge in [0.05, 0.1) is 34.9 Å². The molecule has 2 unspecified atom stereocenters. The van der Waals surface area contributed by atoms with E-state index < -0.39 is 5.78 Å². The Balaban J connectivity index is 1.19. The third kappa shape index (κ3) is 4.87. The summed E-state index contributed by atoms with van der Waals surface area (Å²) in [6.07, 6.45) is 3.52. The van der Waals surface area contributed by atoms with Crippen molar-refractivity contribution in [2.45, 2.75) is 39.5 Å². The van der Waals surface area contributed by atoms with Crippen molar-refractivity contribution in [1.29, 1.82) is 0 Å². The fraction of sp³-hybridized carbons (Fsp3) is 0.195. The lowest BCUT2D eigenvalue weighted by Gasteiger charge is -2.24. The molecule has 0 spiro atoms. The van der Waals surface area contributed by atoms with Crippen molar-refractivity contribution < 1.29 is 9.59 Å². The molecule has 0 aliphatic heterocycles. The fourth-order valence-corrected chi connectivity index (χ4v) is 10.5. The minimum Gasteiger partial charge on any atom is -0.301 e. The number of carbonyl (C=O) groups excluding carboxylic acids is 2. The number of aliphatic imine (C=N–C) groups is 1. The summed E-state index contributed by atoms with van der Waals surface area (Å²) in [5.41, 5.74) is 9.36. The average Bonchev–Trinajstić information content (AvgIpc) is 3.98. The van der Waals surface area contributed by atoms with Gasteiger partial charge in [-0.25, -0.2) is 4.99 Å². The van der Waals surface area contributed by atoms with Crippen molar-refractivity contribution in [3.8, 4) is 10.4 Å². The summed E-state index contributed by atoms with van der Waals surface area (Å²) in [5.74, 6) is -1.12. The van der Waals surface area contributed by atoms with Gasteiger partial charge in [-0.05, 0) is 63.1 Å². The molecule has 0 N–H and O–H groups in total. The highest BCUT2D eigenvalue weighted by molar-refractivity contribution is 7.22. The molecule has 5 aromatic carbocycles. The minimum absolute atomic E-state index is 0.130. The Bertz CT molecular complexity index is 2730. The van der Waals surface area contributed by atoms with E-state index >= 15 is 0 Å². The number of aromatic nitrogens is 4. The van der Waals surface area contributed by atoms with Crippen LogP contribution in [0.25, 0.3) is 54.1 Å². The predicted molar refractivity (Wildman–Crippen MR) is 213 cm³/mol. The third-order valence-electron chi connectivity index (χ3n) is 10.6. The van der Waals surface area contributed by atoms with E-state index in [0.717, 1.165) is 96.8 Å². The molecule has 0 amide bonds. The van der Waals surface area contributed by atoms with Crippen LogP contribution in [0.15, 0.2) is 89.9 Å². The van der Waals surface area contributed by atoms with Crippen molar-refractivity contribution in [3.05, 3.63) is 96.1 Å². The molecule has 2 aliphatic carbocycles. The highest BCUT2D eigenvalue weighted by Crippen LogP contribution is 2.51. The SMILES string of the molecule is Cc1ccc(N(c2ccc(C)cc2)c2sc(-c3cc4c(cc(N=C5C(=O)C(=O)C6CCCCC56)c5nsnc54)c4nsnc34)c3ccccc23)cc1. The fourth-order valence-electron chi connectivity index (χ4n) is 8.01. The first kappa shape index (κ1) is 31.5. The van der Waals surface area contributed by atoms with E-state index in [-0.39, 0.29) is 17.6 Å². The summed E-state index contributed by atoms with van der Waals surface area (Å²) in [6.45, 7) is 4.22. The number of aryl methyl sites for hydroxylation is 2. The van der Waals surface area contributed by atoms with Crippen LogP contribution in [0.3, 0.4) is 0 Å². The molecular weight excluding hydrogens is 705 g/mol. The Morgan fingerprint density at radius 3 is 1.92 bits per heavy atom. The predicted octanol–water partition coefficient (Wildman–Crippen LogP) is 10.8. The Labute approximate surface area is 311 Å². The Hall–Kier alpha value is -5.23. The molecule has 0 bridgehead atoms. The number of nitrogens with zero attached hydrogens (tertiary/aromatic N) is 6. The second-order valence-electron chi connectivity index (χ2n) is 13.8. The smallest absolute Gasteiger partial charge is 0.243 e. The van der Waals surface area contributed by atoms with E-state index in [1.165, 1.54) is 22.9 Å². The van der Waals surface area contributed by atoms with E-state index in [4.69, 9.17) is 18.1 Å². The number of ketones is 2. The third-order valence-corrected chi connectivity index (χ3v) is 12.9. The lowest BCUT2D eigenvalue weighted by molar-refractivity contribution is -0.134. The van der Waals surface area contributed by atoms with Crippen LogP contribution in [-0.2, 0) is 9.59 Å². The van der Waals surface area contributed by atoms with E-state index in [9.17, 15) is 9.59 Å². The lowest BCUT2D eigenvalue weighted by Crippen LogP contribution is -2.21. The van der Waals surface area contributed by atoms with E-state index in [1.807, 2.05) is 6.07 Å². The molecule has 0 radical (unpaired) electrons. The van der Waals surface area contributed by atoms with Gasteiger partial charge in [0, 0.05) is 55.2 Å². The monoisotopic (exact) mass is 734 g/mol. The van der Waals surface area contributed by atoms with Gasteiger partial charge in [0.25, 0.3) is 0 Å². The van der Waals surface area contributed by atoms with Crippen LogP contribution in [0, 0.1) is 25.7 Å². The molecule has 8 aromatic rings. The van der Waals surface area contributed by atoms with Gasteiger partial charge in [0.2, 0.25) is 11.6 Å². The molecule has 3 aromatic heterocycles. The number of hydrogen-bond acceptors (Lipinski definition) is 11. The molecule has 10 rings (SSSR count). The normalized spacial score (nSPS) is 18.4. The van der Waals surface area contributed by atoms with Crippen molar-refractivity contribution in [2.75, 3.05) is 4.90 Å². The first-order valence-corrected chi connectivity index (χ1v) is 19.7. The van der Waals surface area contributed by atoms with Gasteiger partial charge in [-0.3, -0.25) is 9.59 Å². The van der Waals surface area contributed by atoms with E-state index in [0.29, 0.717) is 22.4 Å². The van der Waals surface area contributed by atoms with Gasteiger partial charge in [-0.15, -0.1) is 11.3 Å². The van der Waals surface area contributed by atoms with Gasteiger partial charge < -0.3 is 4.90 Å². The van der Waals surface area contributed by atoms with Gasteiger partial charge in [0.15, 0.2) is 0 Å². The number of thiophene rings is 1. The van der Waals surface area contributed by atoms with Gasteiger partial charge >= 0.3 is 0 Å². The molecule has 2 atom stereocenters. The number of anilines is 3. The quantitative estimate of drug-likeness (QED) is 0.162. The van der Waals surface area contributed by atoms with Crippen molar-refractivity contribution >= 4 is 118 Å². The molecular formula is C41H30N6O2S3. The molecule has 11 heteroatoms. The van der Waals surface area contributed by atoms with E-state index in [1.54, 1.807) is 11.3 Å². The van der Waals surface area contributed by atoms with Crippen LogP contribution in [0.1, 0.15) is 36.8 Å². The Morgan fingerprint density at radius 1 is 0.654 bits per heavy atom. The maximum Gasteiger partial charge on any atom is 0.243 e. The molecule has 2 fully saturated rings. The second kappa shape index (κ2) is 12.2. The zero-order chi connectivity index (χ0) is 35.1. The highest BCUT2D eigenvalue weighted by Gasteiger charge is 2.47. The van der Waals surface area contributed by atoms with Gasteiger partial charge in [-0.1, -0.05) is 72.5 Å². The first-order valence-electron chi connectivity index (χ1n) is 17.4. The summed E-state index contributed by atoms with van der Waals surface area (Å²) in [5, 5.41) is 5.13. The number of rotatable bonds is 5. The molecule has 2 aliphatic rings. The molecule has 2 saturated carbocycles.